The van der Waals surface area contributed by atoms with E-state index in [0.717, 1.165) is 5.56 Å². The van der Waals surface area contributed by atoms with E-state index in [4.69, 9.17) is 4.74 Å². The lowest BCUT2D eigenvalue weighted by Crippen LogP contribution is -2.61. The van der Waals surface area contributed by atoms with Gasteiger partial charge in [0.15, 0.2) is 6.10 Å². The fraction of sp³-hybridized carbons (Fsp3) is 0.655. The van der Waals surface area contributed by atoms with Crippen LogP contribution in [0.25, 0.3) is 0 Å². The summed E-state index contributed by atoms with van der Waals surface area (Å²) in [5.74, 6) is -1.30. The molecule has 224 valence electrons. The van der Waals surface area contributed by atoms with Crippen molar-refractivity contribution in [2.45, 2.75) is 115 Å². The molecular weight excluding hydrogens is 532 g/mol. The monoisotopic (exact) mass is 578 g/mol. The van der Waals surface area contributed by atoms with Gasteiger partial charge in [-0.15, -0.1) is 11.8 Å². The lowest BCUT2D eigenvalue weighted by molar-refractivity contribution is -0.148. The van der Waals surface area contributed by atoms with Gasteiger partial charge in [-0.25, -0.2) is 4.79 Å². The molecule has 0 bridgehead atoms. The maximum Gasteiger partial charge on any atom is 0.408 e. The number of carbonyl (C=O) groups excluding carboxylic acids is 4. The van der Waals surface area contributed by atoms with Crippen molar-refractivity contribution in [1.29, 1.82) is 0 Å². The predicted molar refractivity (Wildman–Crippen MR) is 157 cm³/mol. The zero-order valence-corrected chi connectivity index (χ0v) is 26.0. The molecule has 2 rings (SSSR count). The Hall–Kier alpha value is -2.79. The number of hydrogen-bond donors (Lipinski definition) is 4. The molecule has 0 unspecified atom stereocenters. The molecule has 1 aliphatic rings. The third-order valence-corrected chi connectivity index (χ3v) is 7.63. The summed E-state index contributed by atoms with van der Waals surface area (Å²) >= 11 is 1.45. The van der Waals surface area contributed by atoms with Crippen molar-refractivity contribution < 1.29 is 29.0 Å². The molecule has 0 spiro atoms. The SMILES string of the molecule is CC[C@H](NC(=O)OC(C)(C)C)C(=O)N[C@@H](Cc1ccccc1)[C@H](O)C(=O)N1CSC(C)(C)[C@@H]1C(=O)NC(C)(C)C. The molecule has 1 fully saturated rings. The van der Waals surface area contributed by atoms with Gasteiger partial charge >= 0.3 is 6.09 Å². The predicted octanol–water partition coefficient (Wildman–Crippen LogP) is 2.97. The van der Waals surface area contributed by atoms with Gasteiger partial charge in [0.25, 0.3) is 5.91 Å². The van der Waals surface area contributed by atoms with E-state index >= 15 is 0 Å². The van der Waals surface area contributed by atoms with Crippen LogP contribution in [-0.2, 0) is 25.5 Å². The number of hydrogen-bond acceptors (Lipinski definition) is 7. The molecule has 1 saturated heterocycles. The Balaban J connectivity index is 2.30. The summed E-state index contributed by atoms with van der Waals surface area (Å²) in [5, 5.41) is 19.7. The van der Waals surface area contributed by atoms with Crippen molar-refractivity contribution in [1.82, 2.24) is 20.9 Å². The minimum absolute atomic E-state index is 0.158. The largest absolute Gasteiger partial charge is 0.444 e. The minimum Gasteiger partial charge on any atom is -0.444 e. The van der Waals surface area contributed by atoms with Crippen LogP contribution in [0.1, 0.15) is 74.3 Å². The molecule has 1 aliphatic heterocycles. The molecule has 4 atom stereocenters. The fourth-order valence-electron chi connectivity index (χ4n) is 4.39. The lowest BCUT2D eigenvalue weighted by atomic mass is 9.96. The molecule has 0 aliphatic carbocycles. The van der Waals surface area contributed by atoms with Crippen molar-refractivity contribution >= 4 is 35.6 Å². The second kappa shape index (κ2) is 13.2. The van der Waals surface area contributed by atoms with Gasteiger partial charge in [-0.1, -0.05) is 37.3 Å². The Morgan fingerprint density at radius 2 is 1.68 bits per heavy atom. The average Bonchev–Trinajstić information content (AvgIpc) is 3.14. The van der Waals surface area contributed by atoms with Gasteiger partial charge in [0.2, 0.25) is 11.8 Å². The van der Waals surface area contributed by atoms with Gasteiger partial charge < -0.3 is 30.7 Å². The number of aliphatic hydroxyl groups excluding tert-OH is 1. The van der Waals surface area contributed by atoms with Crippen molar-refractivity contribution in [2.75, 3.05) is 5.88 Å². The lowest BCUT2D eigenvalue weighted by Gasteiger charge is -2.35. The second-order valence-corrected chi connectivity index (χ2v) is 14.3. The summed E-state index contributed by atoms with van der Waals surface area (Å²) in [4.78, 5) is 54.0. The summed E-state index contributed by atoms with van der Waals surface area (Å²) in [5.41, 5.74) is -0.450. The molecule has 4 amide bonds. The molecular formula is C29H46N4O6S. The van der Waals surface area contributed by atoms with Crippen LogP contribution in [0.5, 0.6) is 0 Å². The van der Waals surface area contributed by atoms with E-state index in [9.17, 15) is 24.3 Å². The maximum atomic E-state index is 13.7. The second-order valence-electron chi connectivity index (χ2n) is 12.7. The third-order valence-electron chi connectivity index (χ3n) is 6.25. The van der Waals surface area contributed by atoms with Crippen molar-refractivity contribution in [3.05, 3.63) is 35.9 Å². The van der Waals surface area contributed by atoms with Gasteiger partial charge in [-0.2, -0.15) is 0 Å². The summed E-state index contributed by atoms with van der Waals surface area (Å²) in [7, 11) is 0. The standard InChI is InChI=1S/C29H46N4O6S/c1-10-19(31-26(38)39-28(5,6)7)23(35)30-20(16-18-14-12-11-13-15-18)21(34)25(37)33-17-40-29(8,9)22(33)24(36)32-27(2,3)4/h11-15,19-22,34H,10,16-17H2,1-9H3,(H,30,35)(H,31,38)(H,32,36)/t19-,20-,21-,22-/m0/s1. The Bertz CT molecular complexity index is 1050. The summed E-state index contributed by atoms with van der Waals surface area (Å²) in [6.07, 6.45) is -1.96. The first-order valence-corrected chi connectivity index (χ1v) is 14.6. The van der Waals surface area contributed by atoms with Gasteiger partial charge in [0, 0.05) is 10.3 Å². The van der Waals surface area contributed by atoms with Crippen LogP contribution >= 0.6 is 11.8 Å². The van der Waals surface area contributed by atoms with Crippen LogP contribution in [0.3, 0.4) is 0 Å². The fourth-order valence-corrected chi connectivity index (χ4v) is 5.53. The highest BCUT2D eigenvalue weighted by molar-refractivity contribution is 8.00. The van der Waals surface area contributed by atoms with E-state index in [2.05, 4.69) is 16.0 Å². The number of alkyl carbamates (subject to hydrolysis) is 1. The first kappa shape index (κ1) is 33.4. The smallest absolute Gasteiger partial charge is 0.408 e. The summed E-state index contributed by atoms with van der Waals surface area (Å²) in [6, 6.07) is 6.39. The molecule has 0 radical (unpaired) electrons. The first-order valence-electron chi connectivity index (χ1n) is 13.6. The third kappa shape index (κ3) is 9.69. The number of rotatable bonds is 9. The van der Waals surface area contributed by atoms with E-state index in [1.165, 1.54) is 16.7 Å². The van der Waals surface area contributed by atoms with Crippen molar-refractivity contribution in [3.8, 4) is 0 Å². The van der Waals surface area contributed by atoms with Gasteiger partial charge in [0.1, 0.15) is 17.7 Å². The number of thioether (sulfide) groups is 1. The molecule has 1 aromatic rings. The van der Waals surface area contributed by atoms with E-state index in [0.29, 0.717) is 0 Å². The van der Waals surface area contributed by atoms with Gasteiger partial charge in [-0.3, -0.25) is 14.4 Å². The zero-order chi connectivity index (χ0) is 30.5. The Morgan fingerprint density at radius 1 is 1.07 bits per heavy atom. The highest BCUT2D eigenvalue weighted by Gasteiger charge is 2.50. The zero-order valence-electron chi connectivity index (χ0n) is 25.2. The van der Waals surface area contributed by atoms with Crippen LogP contribution in [0.15, 0.2) is 30.3 Å². The Kier molecular flexibility index (Phi) is 11.1. The quantitative estimate of drug-likeness (QED) is 0.354. The molecule has 1 aromatic carbocycles. The molecule has 0 saturated carbocycles. The highest BCUT2D eigenvalue weighted by atomic mass is 32.2. The van der Waals surface area contributed by atoms with Crippen LogP contribution in [-0.4, -0.2) is 79.8 Å². The molecule has 40 heavy (non-hydrogen) atoms. The number of amides is 4. The number of carbonyl (C=O) groups is 4. The topological polar surface area (TPSA) is 137 Å². The minimum atomic E-state index is -1.64. The van der Waals surface area contributed by atoms with Crippen LogP contribution < -0.4 is 16.0 Å². The van der Waals surface area contributed by atoms with Crippen LogP contribution in [0.2, 0.25) is 0 Å². The number of ether oxygens (including phenoxy) is 1. The summed E-state index contributed by atoms with van der Waals surface area (Å²) < 4.78 is 4.69. The van der Waals surface area contributed by atoms with E-state index < -0.39 is 58.0 Å². The number of nitrogens with one attached hydrogen (secondary N) is 3. The average molecular weight is 579 g/mol. The van der Waals surface area contributed by atoms with Crippen LogP contribution in [0, 0.1) is 0 Å². The first-order chi connectivity index (χ1) is 18.3. The molecule has 1 heterocycles. The van der Waals surface area contributed by atoms with Gasteiger partial charge in [-0.05, 0) is 73.8 Å². The van der Waals surface area contributed by atoms with Gasteiger partial charge in [0.05, 0.1) is 11.9 Å². The Labute approximate surface area is 242 Å². The summed E-state index contributed by atoms with van der Waals surface area (Å²) in [6.45, 7) is 16.3. The molecule has 11 heteroatoms. The molecule has 10 nitrogen and oxygen atoms in total. The van der Waals surface area contributed by atoms with E-state index in [-0.39, 0.29) is 24.6 Å². The molecule has 0 aromatic heterocycles. The normalized spacial score (nSPS) is 19.2. The van der Waals surface area contributed by atoms with Crippen molar-refractivity contribution in [3.63, 3.8) is 0 Å². The molecule has 4 N–H and O–H groups in total. The van der Waals surface area contributed by atoms with Crippen molar-refractivity contribution in [2.24, 2.45) is 0 Å². The number of benzene rings is 1. The number of nitrogens with zero attached hydrogens (tertiary/aromatic N) is 1. The highest BCUT2D eigenvalue weighted by Crippen LogP contribution is 2.40. The maximum absolute atomic E-state index is 13.7. The number of aliphatic hydroxyl groups is 1. The van der Waals surface area contributed by atoms with E-state index in [1.807, 2.05) is 65.0 Å². The van der Waals surface area contributed by atoms with Crippen LogP contribution in [0.4, 0.5) is 4.79 Å². The van der Waals surface area contributed by atoms with E-state index in [1.54, 1.807) is 27.7 Å². The Morgan fingerprint density at radius 3 is 2.20 bits per heavy atom.